The minimum Gasteiger partial charge on any atom is -0.299 e. The number of hydrogen-bond donors (Lipinski definition) is 0. The maximum atomic E-state index is 12.0. The predicted octanol–water partition coefficient (Wildman–Crippen LogP) is 3.04. The molecule has 0 saturated heterocycles. The van der Waals surface area contributed by atoms with Crippen LogP contribution >= 0.6 is 0 Å². The third kappa shape index (κ3) is 0.812. The van der Waals surface area contributed by atoms with Gasteiger partial charge in [-0.2, -0.15) is 0 Å². The molecule has 0 N–H and O–H groups in total. The van der Waals surface area contributed by atoms with Crippen molar-refractivity contribution in [3.8, 4) is 0 Å². The van der Waals surface area contributed by atoms with E-state index in [1.54, 1.807) is 0 Å². The van der Waals surface area contributed by atoms with E-state index in [0.717, 1.165) is 12.8 Å². The van der Waals surface area contributed by atoms with E-state index in [1.165, 1.54) is 6.42 Å². The summed E-state index contributed by atoms with van der Waals surface area (Å²) in [5.41, 5.74) is 0.288. The van der Waals surface area contributed by atoms with Crippen molar-refractivity contribution in [1.29, 1.82) is 0 Å². The van der Waals surface area contributed by atoms with E-state index < -0.39 is 0 Å². The molecule has 0 aromatic carbocycles. The SMILES string of the molecule is CC(C)[C@]12CC[C@H](CC1=O)C2(C)C. The van der Waals surface area contributed by atoms with Gasteiger partial charge >= 0.3 is 0 Å². The highest BCUT2D eigenvalue weighted by atomic mass is 16.1. The van der Waals surface area contributed by atoms with E-state index in [9.17, 15) is 4.79 Å². The lowest BCUT2D eigenvalue weighted by Gasteiger charge is -2.40. The summed E-state index contributed by atoms with van der Waals surface area (Å²) in [6.07, 6.45) is 3.27. The zero-order valence-electron chi connectivity index (χ0n) is 9.18. The number of hydrogen-bond acceptors (Lipinski definition) is 1. The van der Waals surface area contributed by atoms with Gasteiger partial charge in [-0.3, -0.25) is 4.79 Å². The highest BCUT2D eigenvalue weighted by Gasteiger charge is 2.64. The molecule has 0 aliphatic heterocycles. The molecule has 1 heteroatoms. The van der Waals surface area contributed by atoms with E-state index in [-0.39, 0.29) is 10.8 Å². The Balaban J connectivity index is 2.49. The van der Waals surface area contributed by atoms with Gasteiger partial charge in [-0.05, 0) is 30.1 Å². The molecule has 0 aromatic rings. The van der Waals surface area contributed by atoms with Crippen molar-refractivity contribution in [2.75, 3.05) is 0 Å². The van der Waals surface area contributed by atoms with E-state index in [2.05, 4.69) is 27.7 Å². The summed E-state index contributed by atoms with van der Waals surface area (Å²) in [6, 6.07) is 0. The lowest BCUT2D eigenvalue weighted by Crippen LogP contribution is -2.40. The van der Waals surface area contributed by atoms with Crippen LogP contribution in [-0.2, 0) is 4.79 Å². The van der Waals surface area contributed by atoms with Crippen LogP contribution in [0.3, 0.4) is 0 Å². The molecule has 2 saturated carbocycles. The Morgan fingerprint density at radius 3 is 2.23 bits per heavy atom. The van der Waals surface area contributed by atoms with Gasteiger partial charge in [-0.25, -0.2) is 0 Å². The Morgan fingerprint density at radius 2 is 2.00 bits per heavy atom. The first-order chi connectivity index (χ1) is 5.93. The monoisotopic (exact) mass is 180 g/mol. The molecule has 2 rings (SSSR count). The minimum atomic E-state index is 0.0255. The average Bonchev–Trinajstić information content (AvgIpc) is 2.35. The summed E-state index contributed by atoms with van der Waals surface area (Å²) in [7, 11) is 0. The number of fused-ring (bicyclic) bond motifs is 2. The highest BCUT2D eigenvalue weighted by Crippen LogP contribution is 2.66. The number of ketones is 1. The van der Waals surface area contributed by atoms with Crippen molar-refractivity contribution >= 4 is 5.78 Å². The van der Waals surface area contributed by atoms with Crippen LogP contribution in [-0.4, -0.2) is 5.78 Å². The molecule has 0 heterocycles. The quantitative estimate of drug-likeness (QED) is 0.606. The van der Waals surface area contributed by atoms with Gasteiger partial charge in [0, 0.05) is 11.8 Å². The van der Waals surface area contributed by atoms with Crippen LogP contribution in [0.2, 0.25) is 0 Å². The topological polar surface area (TPSA) is 17.1 Å². The second-order valence-corrected chi connectivity index (χ2v) is 5.71. The smallest absolute Gasteiger partial charge is 0.140 e. The standard InChI is InChI=1S/C12H20O/c1-8(2)12-6-5-9(7-10(12)13)11(12,3)4/h8-9H,5-7H2,1-4H3/t9-,12-/m1/s1. The normalized spacial score (nSPS) is 41.9. The maximum Gasteiger partial charge on any atom is 0.140 e. The van der Waals surface area contributed by atoms with E-state index in [1.807, 2.05) is 0 Å². The molecule has 2 atom stereocenters. The predicted molar refractivity (Wildman–Crippen MR) is 53.4 cm³/mol. The van der Waals surface area contributed by atoms with Crippen molar-refractivity contribution in [1.82, 2.24) is 0 Å². The Hall–Kier alpha value is -0.330. The van der Waals surface area contributed by atoms with Crippen LogP contribution < -0.4 is 0 Å². The third-order valence-electron chi connectivity index (χ3n) is 4.97. The fourth-order valence-electron chi connectivity index (χ4n) is 4.07. The fourth-order valence-corrected chi connectivity index (χ4v) is 4.07. The Bertz CT molecular complexity index is 252. The van der Waals surface area contributed by atoms with Gasteiger partial charge < -0.3 is 0 Å². The molecule has 0 radical (unpaired) electrons. The number of carbonyl (C=O) groups excluding carboxylic acids is 1. The van der Waals surface area contributed by atoms with Crippen LogP contribution in [0.15, 0.2) is 0 Å². The first-order valence-corrected chi connectivity index (χ1v) is 5.46. The van der Waals surface area contributed by atoms with Crippen LogP contribution in [0.1, 0.15) is 47.0 Å². The Morgan fingerprint density at radius 1 is 1.38 bits per heavy atom. The molecule has 2 aliphatic carbocycles. The molecule has 0 aromatic heterocycles. The number of Topliss-reactive ketones (excluding diaryl/α,β-unsaturated/α-hetero) is 1. The van der Waals surface area contributed by atoms with E-state index in [4.69, 9.17) is 0 Å². The first-order valence-electron chi connectivity index (χ1n) is 5.46. The molecule has 0 spiro atoms. The summed E-state index contributed by atoms with van der Waals surface area (Å²) < 4.78 is 0. The highest BCUT2D eigenvalue weighted by molar-refractivity contribution is 5.89. The molecule has 2 fully saturated rings. The van der Waals surface area contributed by atoms with Crippen LogP contribution in [0.5, 0.6) is 0 Å². The Kier molecular flexibility index (Phi) is 1.68. The van der Waals surface area contributed by atoms with E-state index in [0.29, 0.717) is 17.6 Å². The number of rotatable bonds is 1. The molecule has 13 heavy (non-hydrogen) atoms. The first kappa shape index (κ1) is 9.23. The van der Waals surface area contributed by atoms with Crippen molar-refractivity contribution in [2.45, 2.75) is 47.0 Å². The van der Waals surface area contributed by atoms with Gasteiger partial charge in [0.05, 0.1) is 0 Å². The zero-order valence-corrected chi connectivity index (χ0v) is 9.18. The largest absolute Gasteiger partial charge is 0.299 e. The summed E-state index contributed by atoms with van der Waals surface area (Å²) >= 11 is 0. The van der Waals surface area contributed by atoms with Crippen molar-refractivity contribution in [3.63, 3.8) is 0 Å². The average molecular weight is 180 g/mol. The van der Waals surface area contributed by atoms with Gasteiger partial charge in [0.15, 0.2) is 0 Å². The third-order valence-corrected chi connectivity index (χ3v) is 4.97. The zero-order chi connectivity index (χ0) is 9.85. The van der Waals surface area contributed by atoms with Crippen LogP contribution in [0.25, 0.3) is 0 Å². The molecule has 2 aliphatic rings. The molecular formula is C12H20O. The molecule has 0 unspecified atom stereocenters. The maximum absolute atomic E-state index is 12.0. The van der Waals surface area contributed by atoms with Gasteiger partial charge in [0.1, 0.15) is 5.78 Å². The minimum absolute atomic E-state index is 0.0255. The lowest BCUT2D eigenvalue weighted by atomic mass is 9.62. The van der Waals surface area contributed by atoms with Crippen LogP contribution in [0, 0.1) is 22.7 Å². The van der Waals surface area contributed by atoms with Crippen LogP contribution in [0.4, 0.5) is 0 Å². The molecule has 2 bridgehead atoms. The summed E-state index contributed by atoms with van der Waals surface area (Å²) in [6.45, 7) is 9.03. The van der Waals surface area contributed by atoms with Gasteiger partial charge in [0.25, 0.3) is 0 Å². The second kappa shape index (κ2) is 2.37. The molecule has 0 amide bonds. The fraction of sp³-hybridized carbons (Fsp3) is 0.917. The van der Waals surface area contributed by atoms with Crippen molar-refractivity contribution in [2.24, 2.45) is 22.7 Å². The molecular weight excluding hydrogens is 160 g/mol. The van der Waals surface area contributed by atoms with Gasteiger partial charge in [-0.15, -0.1) is 0 Å². The molecule has 1 nitrogen and oxygen atoms in total. The summed E-state index contributed by atoms with van der Waals surface area (Å²) in [4.78, 5) is 12.0. The lowest BCUT2D eigenvalue weighted by molar-refractivity contribution is -0.132. The number of carbonyl (C=O) groups is 1. The van der Waals surface area contributed by atoms with E-state index >= 15 is 0 Å². The summed E-state index contributed by atoms with van der Waals surface area (Å²) in [5.74, 6) is 1.73. The van der Waals surface area contributed by atoms with Gasteiger partial charge in [-0.1, -0.05) is 27.7 Å². The molecule has 74 valence electrons. The second-order valence-electron chi connectivity index (χ2n) is 5.71. The summed E-state index contributed by atoms with van der Waals surface area (Å²) in [5, 5.41) is 0. The van der Waals surface area contributed by atoms with Crippen molar-refractivity contribution in [3.05, 3.63) is 0 Å². The van der Waals surface area contributed by atoms with Crippen molar-refractivity contribution < 1.29 is 4.79 Å². The Labute approximate surface area is 80.9 Å². The van der Waals surface area contributed by atoms with Gasteiger partial charge in [0.2, 0.25) is 0 Å².